The van der Waals surface area contributed by atoms with Gasteiger partial charge in [-0.25, -0.2) is 0 Å². The van der Waals surface area contributed by atoms with Crippen molar-refractivity contribution in [2.24, 2.45) is 5.73 Å². The van der Waals surface area contributed by atoms with Crippen molar-refractivity contribution < 1.29 is 19.4 Å². The fraction of sp³-hybridized carbons (Fsp3) is 0. The van der Waals surface area contributed by atoms with Gasteiger partial charge in [0.25, 0.3) is 0 Å². The zero-order chi connectivity index (χ0) is 6.41. The Labute approximate surface area is 58.9 Å². The van der Waals surface area contributed by atoms with Crippen molar-refractivity contribution in [3.63, 3.8) is 0 Å². The van der Waals surface area contributed by atoms with Crippen LogP contribution in [-0.2, 0) is 19.4 Å². The summed E-state index contributed by atoms with van der Waals surface area (Å²) in [6.07, 6.45) is 3.42. The van der Waals surface area contributed by atoms with Gasteiger partial charge in [0.2, 0.25) is 0 Å². The third kappa shape index (κ3) is 5.57. The average Bonchev–Trinajstić information content (AvgIpc) is 1.66. The summed E-state index contributed by atoms with van der Waals surface area (Å²) in [4.78, 5) is 0. The van der Waals surface area contributed by atoms with Gasteiger partial charge in [0, 0.05) is 0 Å². The maximum atomic E-state index is 6.68. The summed E-state index contributed by atoms with van der Waals surface area (Å²) in [5, 5.41) is 9.19. The first-order chi connectivity index (χ1) is 3.77. The number of allylic oxidation sites excluding steroid dienone is 1. The van der Waals surface area contributed by atoms with Crippen LogP contribution in [0.15, 0.2) is 12.3 Å². The van der Waals surface area contributed by atoms with Crippen LogP contribution in [0.4, 0.5) is 0 Å². The standard InChI is InChI=1S/C4H7N3.W/c1-2-3-7-4(5)6;/h1-3H,(H4,5,6,7);. The molecule has 0 aliphatic rings. The first-order valence-electron chi connectivity index (χ1n) is 1.98. The van der Waals surface area contributed by atoms with E-state index in [1.807, 2.05) is 4.40 Å². The van der Waals surface area contributed by atoms with E-state index in [0.29, 0.717) is 0 Å². The second-order valence-corrected chi connectivity index (χ2v) is 2.03. The summed E-state index contributed by atoms with van der Waals surface area (Å²) >= 11 is 1.38. The third-order valence-electron chi connectivity index (χ3n) is 0.414. The molecule has 44 valence electrons. The van der Waals surface area contributed by atoms with Gasteiger partial charge >= 0.3 is 58.4 Å². The van der Waals surface area contributed by atoms with E-state index in [1.54, 1.807) is 12.3 Å². The Bertz CT molecular complexity index is 118. The molecule has 0 bridgehead atoms. The zero-order valence-electron chi connectivity index (χ0n) is 4.22. The minimum atomic E-state index is -0.0295. The quantitative estimate of drug-likeness (QED) is 0.464. The van der Waals surface area contributed by atoms with Crippen LogP contribution in [0.3, 0.4) is 0 Å². The molecule has 8 heavy (non-hydrogen) atoms. The van der Waals surface area contributed by atoms with Gasteiger partial charge in [0.05, 0.1) is 0 Å². The predicted molar refractivity (Wildman–Crippen MR) is 30.3 cm³/mol. The molecule has 4 heteroatoms. The van der Waals surface area contributed by atoms with E-state index in [1.165, 1.54) is 19.4 Å². The second-order valence-electron chi connectivity index (χ2n) is 1.05. The van der Waals surface area contributed by atoms with E-state index in [-0.39, 0.29) is 5.96 Å². The Morgan fingerprint density at radius 2 is 2.38 bits per heavy atom. The molecular formula is C4H7N3W. The van der Waals surface area contributed by atoms with Crippen LogP contribution in [-0.4, -0.2) is 10.4 Å². The summed E-state index contributed by atoms with van der Waals surface area (Å²) in [5.74, 6) is -0.0295. The van der Waals surface area contributed by atoms with Crippen LogP contribution in [0.2, 0.25) is 0 Å². The fourth-order valence-corrected chi connectivity index (χ4v) is 0.459. The van der Waals surface area contributed by atoms with Gasteiger partial charge in [0.1, 0.15) is 0 Å². The van der Waals surface area contributed by atoms with Crippen molar-refractivity contribution in [2.45, 2.75) is 0 Å². The molecule has 3 nitrogen and oxygen atoms in total. The normalized spacial score (nSPS) is 9.00. The molecule has 0 heterocycles. The van der Waals surface area contributed by atoms with E-state index < -0.39 is 0 Å². The Balaban J connectivity index is 3.29. The van der Waals surface area contributed by atoms with Crippen molar-refractivity contribution in [1.29, 1.82) is 5.41 Å². The van der Waals surface area contributed by atoms with Gasteiger partial charge in [-0.1, -0.05) is 0 Å². The second kappa shape index (κ2) is 4.72. The zero-order valence-corrected chi connectivity index (χ0v) is 7.15. The molecule has 0 aliphatic carbocycles. The summed E-state index contributed by atoms with van der Waals surface area (Å²) in [7, 11) is 0. The molecule has 0 aromatic heterocycles. The topological polar surface area (TPSA) is 61.9 Å². The molecule has 0 aromatic rings. The molecule has 4 N–H and O–H groups in total. The first kappa shape index (κ1) is 7.57. The summed E-state index contributed by atoms with van der Waals surface area (Å²) < 4.78 is 1.93. The number of hydrogen-bond acceptors (Lipinski definition) is 1. The minimum absolute atomic E-state index is 0.0295. The van der Waals surface area contributed by atoms with Crippen molar-refractivity contribution in [1.82, 2.24) is 5.32 Å². The molecule has 0 aromatic carbocycles. The SMILES string of the molecule is N=C(N)NC=C[CH]=[W]. The van der Waals surface area contributed by atoms with Gasteiger partial charge in [-0.3, -0.25) is 0 Å². The van der Waals surface area contributed by atoms with Gasteiger partial charge in [0.15, 0.2) is 0 Å². The molecule has 0 unspecified atom stereocenters. The Morgan fingerprint density at radius 1 is 1.75 bits per heavy atom. The van der Waals surface area contributed by atoms with E-state index in [0.717, 1.165) is 0 Å². The monoisotopic (exact) mass is 281 g/mol. The van der Waals surface area contributed by atoms with E-state index >= 15 is 0 Å². The van der Waals surface area contributed by atoms with Gasteiger partial charge in [-0.2, -0.15) is 0 Å². The van der Waals surface area contributed by atoms with Crippen LogP contribution in [0, 0.1) is 5.41 Å². The predicted octanol–water partition coefficient (Wildman–Crippen LogP) is -0.668. The number of nitrogens with two attached hydrogens (primary N) is 1. The van der Waals surface area contributed by atoms with Crippen LogP contribution < -0.4 is 11.1 Å². The summed E-state index contributed by atoms with van der Waals surface area (Å²) in [5.41, 5.74) is 4.95. The van der Waals surface area contributed by atoms with Crippen molar-refractivity contribution in [2.75, 3.05) is 0 Å². The third-order valence-corrected chi connectivity index (χ3v) is 0.978. The molecule has 0 radical (unpaired) electrons. The number of guanidine groups is 1. The van der Waals surface area contributed by atoms with Crippen LogP contribution >= 0.6 is 0 Å². The fourth-order valence-electron chi connectivity index (χ4n) is 0.177. The summed E-state index contributed by atoms with van der Waals surface area (Å²) in [6.45, 7) is 0. The number of nitrogens with one attached hydrogen (secondary N) is 2. The molecular weight excluding hydrogens is 274 g/mol. The van der Waals surface area contributed by atoms with Crippen molar-refractivity contribution >= 4 is 10.4 Å². The molecule has 0 amide bonds. The maximum absolute atomic E-state index is 6.68. The van der Waals surface area contributed by atoms with E-state index in [4.69, 9.17) is 11.1 Å². The Morgan fingerprint density at radius 3 is 2.75 bits per heavy atom. The number of rotatable bonds is 2. The molecule has 0 saturated heterocycles. The summed E-state index contributed by atoms with van der Waals surface area (Å²) in [6, 6.07) is 0. The molecule has 0 atom stereocenters. The molecule has 0 fully saturated rings. The molecule has 0 rings (SSSR count). The van der Waals surface area contributed by atoms with E-state index in [9.17, 15) is 0 Å². The first-order valence-corrected chi connectivity index (χ1v) is 3.67. The van der Waals surface area contributed by atoms with Crippen LogP contribution in [0.25, 0.3) is 0 Å². The molecule has 0 spiro atoms. The number of hydrogen-bond donors (Lipinski definition) is 3. The average molecular weight is 281 g/mol. The Hall–Kier alpha value is -0.432. The molecule has 0 saturated carbocycles. The van der Waals surface area contributed by atoms with Crippen molar-refractivity contribution in [3.05, 3.63) is 12.3 Å². The van der Waals surface area contributed by atoms with Gasteiger partial charge < -0.3 is 0 Å². The van der Waals surface area contributed by atoms with Crippen LogP contribution in [0.5, 0.6) is 0 Å². The molecule has 0 aliphatic heterocycles. The van der Waals surface area contributed by atoms with Gasteiger partial charge in [-0.15, -0.1) is 0 Å². The van der Waals surface area contributed by atoms with E-state index in [2.05, 4.69) is 5.32 Å². The van der Waals surface area contributed by atoms with Gasteiger partial charge in [-0.05, 0) is 0 Å². The van der Waals surface area contributed by atoms with Crippen molar-refractivity contribution in [3.8, 4) is 0 Å². The van der Waals surface area contributed by atoms with Crippen LogP contribution in [0.1, 0.15) is 0 Å². The Kier molecular flexibility index (Phi) is 4.47.